The van der Waals surface area contributed by atoms with Crippen LogP contribution in [0.1, 0.15) is 0 Å². The Labute approximate surface area is 269 Å². The summed E-state index contributed by atoms with van der Waals surface area (Å²) in [4.78, 5) is 2.49. The lowest BCUT2D eigenvalue weighted by molar-refractivity contribution is 1.31. The Morgan fingerprint density at radius 1 is 0.326 bits per heavy atom. The monoisotopic (exact) mass is 588 g/mol. The molecule has 0 aliphatic heterocycles. The van der Waals surface area contributed by atoms with Gasteiger partial charge < -0.3 is 10.6 Å². The Morgan fingerprint density at radius 3 is 1.22 bits per heavy atom. The van der Waals surface area contributed by atoms with Crippen molar-refractivity contribution in [1.29, 1.82) is 0 Å². The van der Waals surface area contributed by atoms with Crippen LogP contribution in [0.3, 0.4) is 0 Å². The number of nitrogens with zero attached hydrogens (tertiary/aromatic N) is 1. The first-order chi connectivity index (χ1) is 22.7. The van der Waals surface area contributed by atoms with Crippen LogP contribution in [0, 0.1) is 0 Å². The minimum atomic E-state index is 0.764. The van der Waals surface area contributed by atoms with E-state index in [9.17, 15) is 0 Å². The van der Waals surface area contributed by atoms with Crippen LogP contribution in [0.25, 0.3) is 54.9 Å². The highest BCUT2D eigenvalue weighted by molar-refractivity contribution is 6.12. The quantitative estimate of drug-likeness (QED) is 0.196. The lowest BCUT2D eigenvalue weighted by Crippen LogP contribution is -2.14. The molecule has 8 aromatic carbocycles. The van der Waals surface area contributed by atoms with E-state index in [1.165, 1.54) is 43.8 Å². The van der Waals surface area contributed by atoms with Crippen molar-refractivity contribution in [2.75, 3.05) is 10.6 Å². The third-order valence-corrected chi connectivity index (χ3v) is 8.79. The van der Waals surface area contributed by atoms with Crippen LogP contribution >= 0.6 is 0 Å². The Hall–Kier alpha value is -6.12. The summed E-state index contributed by atoms with van der Waals surface area (Å²) in [5.41, 5.74) is 17.1. The molecule has 0 spiro atoms. The van der Waals surface area contributed by atoms with Gasteiger partial charge in [0.05, 0.1) is 11.4 Å². The SMILES string of the molecule is Nc1ccc(-c2ccc(N(c3c(-c4ccccc4)ccc4ccccc34)c3c(-c4ccccc4)ccc4ccccc34)cc2)cc1. The highest BCUT2D eigenvalue weighted by Gasteiger charge is 2.25. The smallest absolute Gasteiger partial charge is 0.0618 e. The molecule has 46 heavy (non-hydrogen) atoms. The Morgan fingerprint density at radius 2 is 0.739 bits per heavy atom. The van der Waals surface area contributed by atoms with E-state index in [1.54, 1.807) is 0 Å². The first-order valence-electron chi connectivity index (χ1n) is 15.6. The lowest BCUT2D eigenvalue weighted by atomic mass is 9.93. The summed E-state index contributed by atoms with van der Waals surface area (Å²) in [6.45, 7) is 0. The Balaban J connectivity index is 1.48. The molecule has 0 unspecified atom stereocenters. The molecule has 218 valence electrons. The normalized spacial score (nSPS) is 11.1. The van der Waals surface area contributed by atoms with Gasteiger partial charge in [0.1, 0.15) is 0 Å². The fourth-order valence-electron chi connectivity index (χ4n) is 6.54. The fraction of sp³-hybridized carbons (Fsp3) is 0. The van der Waals surface area contributed by atoms with Crippen LogP contribution in [-0.2, 0) is 0 Å². The van der Waals surface area contributed by atoms with Gasteiger partial charge in [-0.3, -0.25) is 0 Å². The summed E-state index contributed by atoms with van der Waals surface area (Å²) in [5, 5.41) is 4.78. The second-order valence-electron chi connectivity index (χ2n) is 11.6. The largest absolute Gasteiger partial charge is 0.399 e. The van der Waals surface area contributed by atoms with Crippen LogP contribution in [-0.4, -0.2) is 0 Å². The van der Waals surface area contributed by atoms with E-state index in [2.05, 4.69) is 175 Å². The van der Waals surface area contributed by atoms with Gasteiger partial charge in [0.15, 0.2) is 0 Å². The topological polar surface area (TPSA) is 29.3 Å². The first-order valence-corrected chi connectivity index (χ1v) is 15.6. The maximum absolute atomic E-state index is 6.01. The molecule has 0 aliphatic carbocycles. The molecule has 0 amide bonds. The summed E-state index contributed by atoms with van der Waals surface area (Å²) >= 11 is 0. The van der Waals surface area contributed by atoms with E-state index in [0.29, 0.717) is 0 Å². The molecule has 0 aromatic heterocycles. The minimum absolute atomic E-state index is 0.764. The van der Waals surface area contributed by atoms with E-state index in [4.69, 9.17) is 5.73 Å². The van der Waals surface area contributed by atoms with E-state index in [1.807, 2.05) is 12.1 Å². The number of anilines is 4. The molecular formula is C44H32N2. The van der Waals surface area contributed by atoms with Crippen molar-refractivity contribution in [3.8, 4) is 33.4 Å². The number of benzene rings is 8. The molecule has 0 aliphatic rings. The lowest BCUT2D eigenvalue weighted by Gasteiger charge is -2.32. The van der Waals surface area contributed by atoms with Crippen molar-refractivity contribution in [2.24, 2.45) is 0 Å². The number of hydrogen-bond acceptors (Lipinski definition) is 2. The van der Waals surface area contributed by atoms with E-state index in [-0.39, 0.29) is 0 Å². The maximum atomic E-state index is 6.01. The van der Waals surface area contributed by atoms with Crippen LogP contribution in [0.4, 0.5) is 22.7 Å². The van der Waals surface area contributed by atoms with Gasteiger partial charge in [0, 0.05) is 33.3 Å². The number of nitrogen functional groups attached to an aromatic ring is 1. The zero-order valence-electron chi connectivity index (χ0n) is 25.3. The molecular weight excluding hydrogens is 556 g/mol. The van der Waals surface area contributed by atoms with Gasteiger partial charge >= 0.3 is 0 Å². The molecule has 0 atom stereocenters. The molecule has 0 saturated carbocycles. The van der Waals surface area contributed by atoms with Crippen molar-refractivity contribution < 1.29 is 0 Å². The maximum Gasteiger partial charge on any atom is 0.0618 e. The Bertz CT molecular complexity index is 2170. The summed E-state index contributed by atoms with van der Waals surface area (Å²) in [6, 6.07) is 64.9. The zero-order chi connectivity index (χ0) is 30.9. The molecule has 2 nitrogen and oxygen atoms in total. The Kier molecular flexibility index (Phi) is 7.01. The highest BCUT2D eigenvalue weighted by Crippen LogP contribution is 2.50. The average Bonchev–Trinajstić information content (AvgIpc) is 3.13. The van der Waals surface area contributed by atoms with Crippen molar-refractivity contribution in [3.63, 3.8) is 0 Å². The van der Waals surface area contributed by atoms with Crippen molar-refractivity contribution in [3.05, 3.63) is 182 Å². The van der Waals surface area contributed by atoms with E-state index >= 15 is 0 Å². The predicted octanol–water partition coefficient (Wildman–Crippen LogP) is 12.0. The second kappa shape index (κ2) is 11.8. The third kappa shape index (κ3) is 4.96. The molecule has 0 fully saturated rings. The molecule has 8 rings (SSSR count). The minimum Gasteiger partial charge on any atom is -0.399 e. The van der Waals surface area contributed by atoms with Crippen LogP contribution in [0.5, 0.6) is 0 Å². The molecule has 0 radical (unpaired) electrons. The number of hydrogen-bond donors (Lipinski definition) is 1. The van der Waals surface area contributed by atoms with Gasteiger partial charge in [0.2, 0.25) is 0 Å². The molecule has 2 N–H and O–H groups in total. The molecule has 8 aromatic rings. The van der Waals surface area contributed by atoms with Gasteiger partial charge in [-0.1, -0.05) is 158 Å². The second-order valence-corrected chi connectivity index (χ2v) is 11.6. The molecule has 2 heteroatoms. The fourth-order valence-corrected chi connectivity index (χ4v) is 6.54. The summed E-state index contributed by atoms with van der Waals surface area (Å²) in [6.07, 6.45) is 0. The highest BCUT2D eigenvalue weighted by atomic mass is 15.2. The average molecular weight is 589 g/mol. The third-order valence-electron chi connectivity index (χ3n) is 8.79. The summed E-state index contributed by atoms with van der Waals surface area (Å²) in [7, 11) is 0. The summed E-state index contributed by atoms with van der Waals surface area (Å²) < 4.78 is 0. The standard InChI is InChI=1S/C44H32N2/c45-37-25-19-31(20-26-37)32-21-27-38(28-22-32)46(43-39-17-9-7-15-35(39)23-29-41(43)33-11-3-1-4-12-33)44-40-18-10-8-16-36(40)24-30-42(44)34-13-5-2-6-14-34/h1-30H,45H2. The van der Waals surface area contributed by atoms with Crippen molar-refractivity contribution in [1.82, 2.24) is 0 Å². The van der Waals surface area contributed by atoms with E-state index in [0.717, 1.165) is 33.9 Å². The van der Waals surface area contributed by atoms with Crippen LogP contribution in [0.15, 0.2) is 182 Å². The van der Waals surface area contributed by atoms with Gasteiger partial charge in [-0.2, -0.15) is 0 Å². The first kappa shape index (κ1) is 27.4. The molecule has 0 heterocycles. The van der Waals surface area contributed by atoms with Gasteiger partial charge in [-0.25, -0.2) is 0 Å². The summed E-state index contributed by atoms with van der Waals surface area (Å²) in [5.74, 6) is 0. The van der Waals surface area contributed by atoms with E-state index < -0.39 is 0 Å². The predicted molar refractivity (Wildman–Crippen MR) is 197 cm³/mol. The zero-order valence-corrected chi connectivity index (χ0v) is 25.3. The molecule has 0 bridgehead atoms. The molecule has 0 saturated heterocycles. The van der Waals surface area contributed by atoms with Crippen LogP contribution in [0.2, 0.25) is 0 Å². The van der Waals surface area contributed by atoms with Gasteiger partial charge in [-0.15, -0.1) is 0 Å². The van der Waals surface area contributed by atoms with Gasteiger partial charge in [-0.05, 0) is 57.3 Å². The van der Waals surface area contributed by atoms with Gasteiger partial charge in [0.25, 0.3) is 0 Å². The van der Waals surface area contributed by atoms with Crippen molar-refractivity contribution in [2.45, 2.75) is 0 Å². The number of fused-ring (bicyclic) bond motifs is 2. The van der Waals surface area contributed by atoms with Crippen LogP contribution < -0.4 is 10.6 Å². The van der Waals surface area contributed by atoms with Crippen molar-refractivity contribution >= 4 is 44.3 Å². The number of rotatable bonds is 6. The number of nitrogens with two attached hydrogens (primary N) is 1.